The maximum absolute atomic E-state index is 12.5. The van der Waals surface area contributed by atoms with Crippen molar-refractivity contribution in [1.29, 1.82) is 0 Å². The van der Waals surface area contributed by atoms with Crippen molar-refractivity contribution in [1.82, 2.24) is 0 Å². The molecule has 0 unspecified atom stereocenters. The summed E-state index contributed by atoms with van der Waals surface area (Å²) in [6.07, 6.45) is -2.64. The number of rotatable bonds is 4. The number of Topliss-reactive ketones (excluding diaryl/α,β-unsaturated/α-hetero) is 1. The summed E-state index contributed by atoms with van der Waals surface area (Å²) in [6.45, 7) is 2.60. The van der Waals surface area contributed by atoms with E-state index in [0.29, 0.717) is 6.71 Å². The number of halogens is 3. The first kappa shape index (κ1) is 16.6. The summed E-state index contributed by atoms with van der Waals surface area (Å²) in [5.74, 6) is -0.843. The molecule has 2 nitrogen and oxygen atoms in total. The molecule has 0 aromatic heterocycles. The highest BCUT2D eigenvalue weighted by molar-refractivity contribution is 6.73. The van der Waals surface area contributed by atoms with Crippen LogP contribution in [-0.4, -0.2) is 18.9 Å². The Morgan fingerprint density at radius 1 is 1.21 bits per heavy atom. The number of ketones is 1. The van der Waals surface area contributed by atoms with Crippen molar-refractivity contribution in [2.45, 2.75) is 32.3 Å². The van der Waals surface area contributed by atoms with Gasteiger partial charge in [-0.25, -0.2) is 0 Å². The minimum Gasteiger partial charge on any atom is -0.405 e. The number of hydrogen-bond donors (Lipinski definition) is 0. The van der Waals surface area contributed by atoms with Gasteiger partial charge in [0.1, 0.15) is 5.75 Å². The quantitative estimate of drug-likeness (QED) is 0.627. The molecule has 0 aliphatic carbocycles. The highest BCUT2D eigenvalue weighted by atomic mass is 19.4. The normalized spacial score (nSPS) is 13.8. The van der Waals surface area contributed by atoms with Crippen molar-refractivity contribution in [3.63, 3.8) is 0 Å². The molecule has 0 radical (unpaired) electrons. The van der Waals surface area contributed by atoms with Gasteiger partial charge in [-0.15, -0.1) is 13.2 Å². The average Bonchev–Trinajstić information content (AvgIpc) is 2.87. The lowest BCUT2D eigenvalue weighted by molar-refractivity contribution is -0.274. The van der Waals surface area contributed by atoms with Crippen LogP contribution in [0.15, 0.2) is 42.5 Å². The van der Waals surface area contributed by atoms with Crippen LogP contribution in [0.4, 0.5) is 13.2 Å². The fourth-order valence-corrected chi connectivity index (χ4v) is 3.16. The molecule has 6 heteroatoms. The molecule has 0 amide bonds. The summed E-state index contributed by atoms with van der Waals surface area (Å²) in [5.41, 5.74) is 3.29. The minimum absolute atomic E-state index is 0.0524. The Morgan fingerprint density at radius 2 is 1.96 bits per heavy atom. The molecular weight excluding hydrogens is 316 g/mol. The lowest BCUT2D eigenvalue weighted by atomic mass is 9.48. The largest absolute Gasteiger partial charge is 0.573 e. The van der Waals surface area contributed by atoms with Crippen LogP contribution >= 0.6 is 0 Å². The van der Waals surface area contributed by atoms with E-state index in [-0.39, 0.29) is 17.8 Å². The summed E-state index contributed by atoms with van der Waals surface area (Å²) in [6, 6.07) is 11.3. The molecule has 1 aliphatic rings. The van der Waals surface area contributed by atoms with Gasteiger partial charge in [-0.3, -0.25) is 4.79 Å². The standard InChI is InChI=1S/C18H16BF3O2/c1-19-9-8-13-7-6-12(10-15(13)19)11-16(23)14-4-2-3-5-17(14)24-18(20,21)22/h2-7,10H,8-9,11H2,1H3. The molecule has 1 aliphatic heterocycles. The molecule has 124 valence electrons. The zero-order valence-corrected chi connectivity index (χ0v) is 13.2. The van der Waals surface area contributed by atoms with E-state index in [4.69, 9.17) is 0 Å². The van der Waals surface area contributed by atoms with E-state index in [0.717, 1.165) is 24.4 Å². The van der Waals surface area contributed by atoms with Crippen molar-refractivity contribution in [2.24, 2.45) is 0 Å². The number of hydrogen-bond acceptors (Lipinski definition) is 2. The Balaban J connectivity index is 1.82. The number of aryl methyl sites for hydroxylation is 1. The molecule has 1 heterocycles. The molecule has 2 aromatic rings. The van der Waals surface area contributed by atoms with Gasteiger partial charge in [0, 0.05) is 6.42 Å². The summed E-state index contributed by atoms with van der Waals surface area (Å²) in [4.78, 5) is 12.5. The first-order valence-electron chi connectivity index (χ1n) is 7.83. The molecule has 3 rings (SSSR count). The Bertz CT molecular complexity index is 771. The van der Waals surface area contributed by atoms with Gasteiger partial charge in [0.15, 0.2) is 12.5 Å². The summed E-state index contributed by atoms with van der Waals surface area (Å²) < 4.78 is 41.4. The third-order valence-electron chi connectivity index (χ3n) is 4.37. The van der Waals surface area contributed by atoms with Gasteiger partial charge in [-0.2, -0.15) is 0 Å². The second-order valence-electron chi connectivity index (χ2n) is 6.12. The van der Waals surface area contributed by atoms with Crippen LogP contribution in [0.3, 0.4) is 0 Å². The van der Waals surface area contributed by atoms with Crippen LogP contribution in [0, 0.1) is 0 Å². The summed E-state index contributed by atoms with van der Waals surface area (Å²) in [7, 11) is 0. The van der Waals surface area contributed by atoms with Gasteiger partial charge in [0.05, 0.1) is 5.56 Å². The maximum Gasteiger partial charge on any atom is 0.573 e. The Morgan fingerprint density at radius 3 is 2.71 bits per heavy atom. The molecule has 0 bridgehead atoms. The van der Waals surface area contributed by atoms with Crippen LogP contribution < -0.4 is 10.2 Å². The Labute approximate surface area is 138 Å². The van der Waals surface area contributed by atoms with Crippen molar-refractivity contribution in [3.8, 4) is 5.75 Å². The van der Waals surface area contributed by atoms with Crippen LogP contribution in [0.25, 0.3) is 0 Å². The van der Waals surface area contributed by atoms with Gasteiger partial charge < -0.3 is 4.74 Å². The summed E-state index contributed by atoms with van der Waals surface area (Å²) in [5, 5.41) is 0. The highest BCUT2D eigenvalue weighted by Gasteiger charge is 2.32. The molecule has 0 spiro atoms. The van der Waals surface area contributed by atoms with Crippen LogP contribution in [0.2, 0.25) is 13.1 Å². The first-order chi connectivity index (χ1) is 11.3. The topological polar surface area (TPSA) is 26.3 Å². The lowest BCUT2D eigenvalue weighted by Crippen LogP contribution is -2.23. The van der Waals surface area contributed by atoms with Gasteiger partial charge in [0.2, 0.25) is 0 Å². The second-order valence-corrected chi connectivity index (χ2v) is 6.12. The van der Waals surface area contributed by atoms with Crippen LogP contribution in [-0.2, 0) is 12.8 Å². The smallest absolute Gasteiger partial charge is 0.405 e. The van der Waals surface area contributed by atoms with Crippen molar-refractivity contribution >= 4 is 18.0 Å². The molecule has 2 aromatic carbocycles. The number of para-hydroxylation sites is 1. The van der Waals surface area contributed by atoms with Crippen LogP contribution in [0.1, 0.15) is 21.5 Å². The van der Waals surface area contributed by atoms with Crippen molar-refractivity contribution < 1.29 is 22.7 Å². The highest BCUT2D eigenvalue weighted by Crippen LogP contribution is 2.27. The molecule has 24 heavy (non-hydrogen) atoms. The zero-order valence-electron chi connectivity index (χ0n) is 13.2. The van der Waals surface area contributed by atoms with Gasteiger partial charge in [-0.05, 0) is 24.1 Å². The molecular formula is C18H16BF3O2. The SMILES string of the molecule is CB1CCc2ccc(CC(=O)c3ccccc3OC(F)(F)F)cc21. The summed E-state index contributed by atoms with van der Waals surface area (Å²) >= 11 is 0. The van der Waals surface area contributed by atoms with Gasteiger partial charge in [0.25, 0.3) is 0 Å². The predicted molar refractivity (Wildman–Crippen MR) is 87.4 cm³/mol. The minimum atomic E-state index is -4.82. The van der Waals surface area contributed by atoms with E-state index >= 15 is 0 Å². The monoisotopic (exact) mass is 332 g/mol. The molecule has 0 fully saturated rings. The van der Waals surface area contributed by atoms with Crippen molar-refractivity contribution in [3.05, 3.63) is 59.2 Å². The van der Waals surface area contributed by atoms with Crippen LogP contribution in [0.5, 0.6) is 5.75 Å². The Kier molecular flexibility index (Phi) is 4.39. The number of fused-ring (bicyclic) bond motifs is 1. The van der Waals surface area contributed by atoms with Gasteiger partial charge in [-0.1, -0.05) is 54.5 Å². The third-order valence-corrected chi connectivity index (χ3v) is 4.37. The average molecular weight is 332 g/mol. The fraction of sp³-hybridized carbons (Fsp3) is 0.278. The Hall–Kier alpha value is -2.24. The molecule has 0 saturated carbocycles. The first-order valence-corrected chi connectivity index (χ1v) is 7.83. The van der Waals surface area contributed by atoms with E-state index in [2.05, 4.69) is 11.6 Å². The van der Waals surface area contributed by atoms with E-state index in [1.807, 2.05) is 18.2 Å². The van der Waals surface area contributed by atoms with E-state index in [1.54, 1.807) is 0 Å². The number of alkyl halides is 3. The predicted octanol–water partition coefficient (Wildman–Crippen LogP) is 3.90. The van der Waals surface area contributed by atoms with E-state index in [9.17, 15) is 18.0 Å². The van der Waals surface area contributed by atoms with Gasteiger partial charge >= 0.3 is 6.36 Å². The van der Waals surface area contributed by atoms with E-state index < -0.39 is 12.1 Å². The number of benzene rings is 2. The molecule has 0 atom stereocenters. The third kappa shape index (κ3) is 3.63. The van der Waals surface area contributed by atoms with E-state index in [1.165, 1.54) is 29.2 Å². The lowest BCUT2D eigenvalue weighted by Gasteiger charge is -2.13. The zero-order chi connectivity index (χ0) is 17.3. The molecule has 0 N–H and O–H groups in total. The molecule has 0 saturated heterocycles. The number of carbonyl (C=O) groups is 1. The number of carbonyl (C=O) groups excluding carboxylic acids is 1. The van der Waals surface area contributed by atoms with Crippen molar-refractivity contribution in [2.75, 3.05) is 0 Å². The number of ether oxygens (including phenoxy) is 1. The fourth-order valence-electron chi connectivity index (χ4n) is 3.16. The maximum atomic E-state index is 12.5. The second kappa shape index (κ2) is 6.34.